The van der Waals surface area contributed by atoms with E-state index in [9.17, 15) is 4.79 Å². The van der Waals surface area contributed by atoms with E-state index in [0.717, 1.165) is 17.4 Å². The van der Waals surface area contributed by atoms with Crippen LogP contribution in [0.2, 0.25) is 0 Å². The van der Waals surface area contributed by atoms with Crippen LogP contribution in [0.3, 0.4) is 0 Å². The molecule has 0 aromatic carbocycles. The molecule has 0 atom stereocenters. The fourth-order valence-corrected chi connectivity index (χ4v) is 1.75. The molecule has 2 aromatic heterocycles. The van der Waals surface area contributed by atoms with Gasteiger partial charge >= 0.3 is 0 Å². The van der Waals surface area contributed by atoms with Gasteiger partial charge in [-0.3, -0.25) is 9.20 Å². The van der Waals surface area contributed by atoms with Crippen LogP contribution < -0.4 is 0 Å². The second-order valence-electron chi connectivity index (χ2n) is 2.84. The number of carbonyl (C=O) groups excluding carboxylic acids is 1. The van der Waals surface area contributed by atoms with E-state index in [1.807, 2.05) is 25.3 Å². The van der Waals surface area contributed by atoms with Crippen molar-refractivity contribution in [1.29, 1.82) is 0 Å². The Bertz CT molecular complexity index is 476. The van der Waals surface area contributed by atoms with Crippen molar-refractivity contribution < 1.29 is 4.79 Å². The highest BCUT2D eigenvalue weighted by Gasteiger charge is 2.06. The number of fused-ring (bicyclic) bond motifs is 1. The molecule has 2 rings (SSSR count). The summed E-state index contributed by atoms with van der Waals surface area (Å²) in [5.41, 5.74) is 2.06. The van der Waals surface area contributed by atoms with Crippen LogP contribution in [0.15, 0.2) is 22.9 Å². The lowest BCUT2D eigenvalue weighted by Crippen LogP contribution is -1.91. The predicted octanol–water partition coefficient (Wildman–Crippen LogP) is 2.22. The van der Waals surface area contributed by atoms with Crippen molar-refractivity contribution in [2.24, 2.45) is 0 Å². The second kappa shape index (κ2) is 2.96. The average molecular weight is 239 g/mol. The largest absolute Gasteiger partial charge is 0.296 e. The molecule has 0 saturated carbocycles. The smallest absolute Gasteiger partial charge is 0.185 e. The number of imidazole rings is 1. The maximum absolute atomic E-state index is 10.6. The Kier molecular flexibility index (Phi) is 1.92. The van der Waals surface area contributed by atoms with Gasteiger partial charge in [0.1, 0.15) is 4.60 Å². The van der Waals surface area contributed by atoms with Crippen LogP contribution >= 0.6 is 15.9 Å². The van der Waals surface area contributed by atoms with Crippen LogP contribution in [-0.4, -0.2) is 15.7 Å². The van der Waals surface area contributed by atoms with Gasteiger partial charge in [0.15, 0.2) is 12.1 Å². The van der Waals surface area contributed by atoms with Gasteiger partial charge in [-0.25, -0.2) is 4.98 Å². The van der Waals surface area contributed by atoms with E-state index in [1.165, 1.54) is 0 Å². The summed E-state index contributed by atoms with van der Waals surface area (Å²) in [5, 5.41) is 0. The van der Waals surface area contributed by atoms with Crippen LogP contribution in [0, 0.1) is 6.92 Å². The number of aldehydes is 1. The van der Waals surface area contributed by atoms with E-state index < -0.39 is 0 Å². The Hall–Kier alpha value is -1.16. The SMILES string of the molecule is Cc1ccn2c(C=O)nc(Br)c2c1. The zero-order valence-corrected chi connectivity index (χ0v) is 8.58. The maximum atomic E-state index is 10.6. The van der Waals surface area contributed by atoms with E-state index in [-0.39, 0.29) is 0 Å². The molecule has 13 heavy (non-hydrogen) atoms. The standard InChI is InChI=1S/C9H7BrN2O/c1-6-2-3-12-7(4-6)9(10)11-8(12)5-13/h2-5H,1H3. The molecule has 66 valence electrons. The molecule has 3 nitrogen and oxygen atoms in total. The molecule has 0 radical (unpaired) electrons. The zero-order valence-electron chi connectivity index (χ0n) is 6.99. The van der Waals surface area contributed by atoms with Gasteiger partial charge in [0.2, 0.25) is 0 Å². The fourth-order valence-electron chi connectivity index (χ4n) is 1.26. The third-order valence-electron chi connectivity index (χ3n) is 1.89. The number of carbonyl (C=O) groups is 1. The summed E-state index contributed by atoms with van der Waals surface area (Å²) in [4.78, 5) is 14.7. The van der Waals surface area contributed by atoms with Gasteiger partial charge in [0.05, 0.1) is 5.52 Å². The Balaban J connectivity index is 2.88. The third kappa shape index (κ3) is 1.27. The van der Waals surface area contributed by atoms with Gasteiger partial charge in [-0.15, -0.1) is 0 Å². The number of aromatic nitrogens is 2. The molecule has 2 heterocycles. The molecule has 0 saturated heterocycles. The van der Waals surface area contributed by atoms with Crippen molar-refractivity contribution in [1.82, 2.24) is 9.38 Å². The Morgan fingerprint density at radius 1 is 1.62 bits per heavy atom. The number of nitrogens with zero attached hydrogens (tertiary/aromatic N) is 2. The molecule has 0 bridgehead atoms. The first-order chi connectivity index (χ1) is 6.22. The quantitative estimate of drug-likeness (QED) is 0.715. The zero-order chi connectivity index (χ0) is 9.42. The average Bonchev–Trinajstić information content (AvgIpc) is 2.43. The number of aryl methyl sites for hydroxylation is 1. The maximum Gasteiger partial charge on any atom is 0.185 e. The fraction of sp³-hybridized carbons (Fsp3) is 0.111. The van der Waals surface area contributed by atoms with E-state index in [4.69, 9.17) is 0 Å². The first kappa shape index (κ1) is 8.44. The summed E-state index contributed by atoms with van der Waals surface area (Å²) in [7, 11) is 0. The minimum absolute atomic E-state index is 0.418. The number of halogens is 1. The lowest BCUT2D eigenvalue weighted by Gasteiger charge is -1.96. The normalized spacial score (nSPS) is 10.6. The highest BCUT2D eigenvalue weighted by Crippen LogP contribution is 2.18. The van der Waals surface area contributed by atoms with Crippen LogP contribution in [0.1, 0.15) is 16.2 Å². The molecule has 0 spiro atoms. The van der Waals surface area contributed by atoms with E-state index in [1.54, 1.807) is 4.40 Å². The second-order valence-corrected chi connectivity index (χ2v) is 3.59. The van der Waals surface area contributed by atoms with Crippen molar-refractivity contribution in [3.8, 4) is 0 Å². The van der Waals surface area contributed by atoms with Crippen molar-refractivity contribution >= 4 is 27.7 Å². The van der Waals surface area contributed by atoms with Crippen LogP contribution in [0.5, 0.6) is 0 Å². The van der Waals surface area contributed by atoms with Crippen molar-refractivity contribution in [3.05, 3.63) is 34.3 Å². The number of rotatable bonds is 1. The predicted molar refractivity (Wildman–Crippen MR) is 53.0 cm³/mol. The lowest BCUT2D eigenvalue weighted by atomic mass is 10.3. The van der Waals surface area contributed by atoms with Crippen LogP contribution in [0.4, 0.5) is 0 Å². The van der Waals surface area contributed by atoms with Crippen LogP contribution in [0.25, 0.3) is 5.52 Å². The van der Waals surface area contributed by atoms with Crippen molar-refractivity contribution in [3.63, 3.8) is 0 Å². The molecule has 0 fully saturated rings. The Morgan fingerprint density at radius 2 is 2.38 bits per heavy atom. The molecule has 0 unspecified atom stereocenters. The molecule has 0 N–H and O–H groups in total. The van der Waals surface area contributed by atoms with E-state index >= 15 is 0 Å². The molecule has 0 amide bonds. The van der Waals surface area contributed by atoms with Crippen molar-refractivity contribution in [2.75, 3.05) is 0 Å². The number of pyridine rings is 1. The highest BCUT2D eigenvalue weighted by molar-refractivity contribution is 9.10. The summed E-state index contributed by atoms with van der Waals surface area (Å²) in [6, 6.07) is 3.91. The topological polar surface area (TPSA) is 34.4 Å². The Morgan fingerprint density at radius 3 is 3.08 bits per heavy atom. The van der Waals surface area contributed by atoms with Gasteiger partial charge in [-0.1, -0.05) is 0 Å². The molecule has 0 aliphatic heterocycles. The lowest BCUT2D eigenvalue weighted by molar-refractivity contribution is 0.111. The summed E-state index contributed by atoms with van der Waals surface area (Å²) in [6.45, 7) is 2.00. The minimum Gasteiger partial charge on any atom is -0.296 e. The molecule has 2 aromatic rings. The molecular formula is C9H7BrN2O. The number of hydrogen-bond acceptors (Lipinski definition) is 2. The van der Waals surface area contributed by atoms with Crippen molar-refractivity contribution in [2.45, 2.75) is 6.92 Å². The summed E-state index contributed by atoms with van der Waals surface area (Å²) >= 11 is 3.30. The van der Waals surface area contributed by atoms with Crippen LogP contribution in [-0.2, 0) is 0 Å². The highest BCUT2D eigenvalue weighted by atomic mass is 79.9. The first-order valence-electron chi connectivity index (χ1n) is 3.82. The Labute approximate surface area is 83.5 Å². The van der Waals surface area contributed by atoms with Gasteiger partial charge in [-0.2, -0.15) is 0 Å². The molecule has 4 heteroatoms. The minimum atomic E-state index is 0.418. The van der Waals surface area contributed by atoms with Gasteiger partial charge < -0.3 is 0 Å². The summed E-state index contributed by atoms with van der Waals surface area (Å²) in [6.07, 6.45) is 2.58. The molecule has 0 aliphatic carbocycles. The summed E-state index contributed by atoms with van der Waals surface area (Å²) in [5.74, 6) is 0.418. The monoisotopic (exact) mass is 238 g/mol. The molecular weight excluding hydrogens is 232 g/mol. The molecule has 0 aliphatic rings. The third-order valence-corrected chi connectivity index (χ3v) is 2.47. The van der Waals surface area contributed by atoms with E-state index in [2.05, 4.69) is 20.9 Å². The van der Waals surface area contributed by atoms with Gasteiger partial charge in [0.25, 0.3) is 0 Å². The van der Waals surface area contributed by atoms with E-state index in [0.29, 0.717) is 10.4 Å². The first-order valence-corrected chi connectivity index (χ1v) is 4.61. The summed E-state index contributed by atoms with van der Waals surface area (Å²) < 4.78 is 2.46. The number of hydrogen-bond donors (Lipinski definition) is 0. The van der Waals surface area contributed by atoms with Gasteiger partial charge in [0, 0.05) is 6.20 Å². The van der Waals surface area contributed by atoms with Gasteiger partial charge in [-0.05, 0) is 40.5 Å².